The van der Waals surface area contributed by atoms with Crippen LogP contribution < -0.4 is 4.90 Å². The highest BCUT2D eigenvalue weighted by Crippen LogP contribution is 2.16. The molecule has 2 aromatic rings. The van der Waals surface area contributed by atoms with Crippen molar-refractivity contribution in [3.63, 3.8) is 0 Å². The van der Waals surface area contributed by atoms with Crippen molar-refractivity contribution in [1.29, 1.82) is 0 Å². The molecule has 1 aliphatic rings. The minimum Gasteiger partial charge on any atom is -0.353 e. The molecule has 0 saturated carbocycles. The fourth-order valence-electron chi connectivity index (χ4n) is 2.48. The summed E-state index contributed by atoms with van der Waals surface area (Å²) in [5, 5.41) is 4.07. The van der Waals surface area contributed by atoms with Crippen LogP contribution in [0.2, 0.25) is 0 Å². The third kappa shape index (κ3) is 2.90. The van der Waals surface area contributed by atoms with E-state index in [2.05, 4.69) is 25.0 Å². The monoisotopic (exact) mass is 301 g/mol. The average molecular weight is 301 g/mol. The van der Waals surface area contributed by atoms with Crippen molar-refractivity contribution in [2.24, 2.45) is 5.92 Å². The molecule has 3 heterocycles. The minimum absolute atomic E-state index is 0.0459. The van der Waals surface area contributed by atoms with E-state index in [0.29, 0.717) is 5.82 Å². The van der Waals surface area contributed by atoms with Crippen molar-refractivity contribution in [2.75, 3.05) is 31.1 Å². The van der Waals surface area contributed by atoms with Crippen molar-refractivity contribution in [1.82, 2.24) is 29.6 Å². The fraction of sp³-hybridized carbons (Fsp3) is 0.500. The second-order valence-corrected chi connectivity index (χ2v) is 5.54. The summed E-state index contributed by atoms with van der Waals surface area (Å²) in [5.41, 5.74) is 0. The number of hydrogen-bond acceptors (Lipinski definition) is 6. The Balaban J connectivity index is 1.69. The second-order valence-electron chi connectivity index (χ2n) is 5.54. The van der Waals surface area contributed by atoms with Gasteiger partial charge in [0.15, 0.2) is 5.82 Å². The molecule has 116 valence electrons. The molecule has 0 radical (unpaired) electrons. The topological polar surface area (TPSA) is 80.0 Å². The van der Waals surface area contributed by atoms with E-state index >= 15 is 0 Å². The Morgan fingerprint density at radius 1 is 1.09 bits per heavy atom. The molecule has 0 spiro atoms. The van der Waals surface area contributed by atoms with E-state index in [1.165, 1.54) is 12.7 Å². The van der Waals surface area contributed by atoms with Crippen LogP contribution >= 0.6 is 0 Å². The first kappa shape index (κ1) is 14.4. The number of amides is 1. The summed E-state index contributed by atoms with van der Waals surface area (Å²) in [4.78, 5) is 28.5. The SMILES string of the molecule is CC(C)C(=O)N1CCN(c2cc(-n3cncn3)ncn2)CC1. The Labute approximate surface area is 128 Å². The number of carbonyl (C=O) groups is 1. The van der Waals surface area contributed by atoms with Crippen molar-refractivity contribution < 1.29 is 4.79 Å². The molecule has 0 aromatic carbocycles. The number of piperazine rings is 1. The van der Waals surface area contributed by atoms with Gasteiger partial charge in [-0.3, -0.25) is 4.79 Å². The first-order valence-corrected chi connectivity index (χ1v) is 7.36. The molecule has 8 heteroatoms. The standard InChI is InChI=1S/C14H19N7O/c1-11(2)14(22)20-5-3-19(4-6-20)12-7-13(17-9-16-12)21-10-15-8-18-21/h7-11H,3-6H2,1-2H3. The Morgan fingerprint density at radius 2 is 1.82 bits per heavy atom. The first-order chi connectivity index (χ1) is 10.6. The zero-order valence-electron chi connectivity index (χ0n) is 12.8. The molecule has 0 aliphatic carbocycles. The molecule has 1 amide bonds. The Morgan fingerprint density at radius 3 is 2.45 bits per heavy atom. The molecule has 0 atom stereocenters. The number of rotatable bonds is 3. The molecular weight excluding hydrogens is 282 g/mol. The van der Waals surface area contributed by atoms with Gasteiger partial charge in [-0.1, -0.05) is 13.8 Å². The highest BCUT2D eigenvalue weighted by Gasteiger charge is 2.23. The average Bonchev–Trinajstić information content (AvgIpc) is 3.09. The molecule has 1 aliphatic heterocycles. The lowest BCUT2D eigenvalue weighted by molar-refractivity contribution is -0.134. The lowest BCUT2D eigenvalue weighted by atomic mass is 10.1. The summed E-state index contributed by atoms with van der Waals surface area (Å²) >= 11 is 0. The maximum Gasteiger partial charge on any atom is 0.225 e. The van der Waals surface area contributed by atoms with Gasteiger partial charge in [0.05, 0.1) is 0 Å². The van der Waals surface area contributed by atoms with Crippen LogP contribution in [0.25, 0.3) is 5.82 Å². The van der Waals surface area contributed by atoms with Gasteiger partial charge in [0.1, 0.15) is 24.8 Å². The molecule has 1 saturated heterocycles. The van der Waals surface area contributed by atoms with Gasteiger partial charge >= 0.3 is 0 Å². The van der Waals surface area contributed by atoms with E-state index < -0.39 is 0 Å². The zero-order chi connectivity index (χ0) is 15.5. The van der Waals surface area contributed by atoms with Crippen LogP contribution in [0.3, 0.4) is 0 Å². The highest BCUT2D eigenvalue weighted by atomic mass is 16.2. The molecule has 3 rings (SSSR count). The van der Waals surface area contributed by atoms with Gasteiger partial charge in [-0.2, -0.15) is 5.10 Å². The molecule has 8 nitrogen and oxygen atoms in total. The van der Waals surface area contributed by atoms with E-state index in [-0.39, 0.29) is 11.8 Å². The predicted octanol–water partition coefficient (Wildman–Crippen LogP) is 0.362. The summed E-state index contributed by atoms with van der Waals surface area (Å²) in [6, 6.07) is 1.88. The minimum atomic E-state index is 0.0459. The number of carbonyl (C=O) groups excluding carboxylic acids is 1. The van der Waals surface area contributed by atoms with Gasteiger partial charge in [-0.15, -0.1) is 0 Å². The second kappa shape index (κ2) is 6.08. The van der Waals surface area contributed by atoms with Gasteiger partial charge in [-0.25, -0.2) is 19.6 Å². The van der Waals surface area contributed by atoms with Crippen molar-refractivity contribution >= 4 is 11.7 Å². The molecule has 0 bridgehead atoms. The van der Waals surface area contributed by atoms with E-state index in [0.717, 1.165) is 32.0 Å². The van der Waals surface area contributed by atoms with Crippen LogP contribution in [-0.4, -0.2) is 61.7 Å². The normalized spacial score (nSPS) is 15.4. The third-order valence-corrected chi connectivity index (χ3v) is 3.70. The number of nitrogens with zero attached hydrogens (tertiary/aromatic N) is 7. The van der Waals surface area contributed by atoms with Crippen molar-refractivity contribution in [3.8, 4) is 5.82 Å². The van der Waals surface area contributed by atoms with Crippen LogP contribution in [-0.2, 0) is 4.79 Å². The van der Waals surface area contributed by atoms with E-state index in [1.54, 1.807) is 11.0 Å². The van der Waals surface area contributed by atoms with Crippen molar-refractivity contribution in [2.45, 2.75) is 13.8 Å². The van der Waals surface area contributed by atoms with Crippen molar-refractivity contribution in [3.05, 3.63) is 25.0 Å². The summed E-state index contributed by atoms with van der Waals surface area (Å²) in [6.45, 7) is 6.85. The van der Waals surface area contributed by atoms with Gasteiger partial charge in [0.25, 0.3) is 0 Å². The lowest BCUT2D eigenvalue weighted by Gasteiger charge is -2.36. The quantitative estimate of drug-likeness (QED) is 0.814. The Hall–Kier alpha value is -2.51. The smallest absolute Gasteiger partial charge is 0.225 e. The van der Waals surface area contributed by atoms with Crippen LogP contribution in [0.5, 0.6) is 0 Å². The lowest BCUT2D eigenvalue weighted by Crippen LogP contribution is -2.50. The van der Waals surface area contributed by atoms with Gasteiger partial charge in [0, 0.05) is 38.2 Å². The van der Waals surface area contributed by atoms with E-state index in [9.17, 15) is 4.79 Å². The summed E-state index contributed by atoms with van der Waals surface area (Å²) in [6.07, 6.45) is 4.60. The predicted molar refractivity (Wildman–Crippen MR) is 80.6 cm³/mol. The highest BCUT2D eigenvalue weighted by molar-refractivity contribution is 5.78. The largest absolute Gasteiger partial charge is 0.353 e. The van der Waals surface area contributed by atoms with Crippen LogP contribution in [0.1, 0.15) is 13.8 Å². The summed E-state index contributed by atoms with van der Waals surface area (Å²) < 4.78 is 1.60. The zero-order valence-corrected chi connectivity index (χ0v) is 12.8. The molecular formula is C14H19N7O. The third-order valence-electron chi connectivity index (χ3n) is 3.70. The van der Waals surface area contributed by atoms with Gasteiger partial charge in [-0.05, 0) is 0 Å². The Bertz CT molecular complexity index is 632. The van der Waals surface area contributed by atoms with E-state index in [4.69, 9.17) is 0 Å². The summed E-state index contributed by atoms with van der Waals surface area (Å²) in [7, 11) is 0. The van der Waals surface area contributed by atoms with Crippen LogP contribution in [0, 0.1) is 5.92 Å². The molecule has 1 fully saturated rings. The number of hydrogen-bond donors (Lipinski definition) is 0. The number of aromatic nitrogens is 5. The maximum absolute atomic E-state index is 12.0. The maximum atomic E-state index is 12.0. The molecule has 22 heavy (non-hydrogen) atoms. The Kier molecular flexibility index (Phi) is 3.99. The van der Waals surface area contributed by atoms with Gasteiger partial charge < -0.3 is 9.80 Å². The molecule has 2 aromatic heterocycles. The van der Waals surface area contributed by atoms with E-state index in [1.807, 2.05) is 24.8 Å². The van der Waals surface area contributed by atoms with Crippen LogP contribution in [0.4, 0.5) is 5.82 Å². The number of anilines is 1. The summed E-state index contributed by atoms with van der Waals surface area (Å²) in [5.74, 6) is 1.79. The molecule has 0 N–H and O–H groups in total. The van der Waals surface area contributed by atoms with Crippen LogP contribution in [0.15, 0.2) is 25.0 Å². The first-order valence-electron chi connectivity index (χ1n) is 7.36. The molecule has 0 unspecified atom stereocenters. The van der Waals surface area contributed by atoms with Gasteiger partial charge in [0.2, 0.25) is 5.91 Å². The fourth-order valence-corrected chi connectivity index (χ4v) is 2.48.